The fourth-order valence-electron chi connectivity index (χ4n) is 2.42. The Kier molecular flexibility index (Phi) is 4.42. The molecule has 0 saturated heterocycles. The van der Waals surface area contributed by atoms with Crippen LogP contribution in [0.1, 0.15) is 22.3 Å². The Morgan fingerprint density at radius 3 is 1.96 bits per heavy atom. The average molecular weight is 319 g/mol. The van der Waals surface area contributed by atoms with Crippen LogP contribution in [0.25, 0.3) is 0 Å². The predicted molar refractivity (Wildman–Crippen MR) is 98.2 cm³/mol. The summed E-state index contributed by atoms with van der Waals surface area (Å²) in [6, 6.07) is 12.5. The molecule has 0 unspecified atom stereocenters. The maximum atomic E-state index is 4.51. The van der Waals surface area contributed by atoms with Gasteiger partial charge in [0.05, 0.1) is 6.20 Å². The van der Waals surface area contributed by atoms with Crippen molar-refractivity contribution in [2.75, 3.05) is 10.6 Å². The van der Waals surface area contributed by atoms with Gasteiger partial charge in [0, 0.05) is 11.4 Å². The molecular formula is C19H21N5. The van der Waals surface area contributed by atoms with E-state index in [1.807, 2.05) is 6.92 Å². The van der Waals surface area contributed by atoms with Crippen LogP contribution in [0, 0.1) is 27.7 Å². The molecule has 2 N–H and O–H groups in total. The quantitative estimate of drug-likeness (QED) is 0.736. The molecule has 24 heavy (non-hydrogen) atoms. The van der Waals surface area contributed by atoms with E-state index >= 15 is 0 Å². The molecule has 0 bridgehead atoms. The number of hydrogen-bond donors (Lipinski definition) is 2. The minimum atomic E-state index is 0.471. The summed E-state index contributed by atoms with van der Waals surface area (Å²) >= 11 is 0. The van der Waals surface area contributed by atoms with Crippen molar-refractivity contribution in [2.45, 2.75) is 27.7 Å². The second-order valence-corrected chi connectivity index (χ2v) is 6.05. The van der Waals surface area contributed by atoms with E-state index in [0.717, 1.165) is 22.5 Å². The van der Waals surface area contributed by atoms with Crippen molar-refractivity contribution in [1.29, 1.82) is 0 Å². The van der Waals surface area contributed by atoms with Crippen molar-refractivity contribution in [3.05, 3.63) is 64.8 Å². The molecule has 0 aliphatic heterocycles. The zero-order valence-electron chi connectivity index (χ0n) is 14.4. The topological polar surface area (TPSA) is 62.7 Å². The van der Waals surface area contributed by atoms with Gasteiger partial charge < -0.3 is 10.6 Å². The molecule has 0 atom stereocenters. The van der Waals surface area contributed by atoms with Crippen molar-refractivity contribution in [3.8, 4) is 0 Å². The van der Waals surface area contributed by atoms with Crippen molar-refractivity contribution >= 4 is 23.1 Å². The summed E-state index contributed by atoms with van der Waals surface area (Å²) in [7, 11) is 0. The van der Waals surface area contributed by atoms with Gasteiger partial charge in [0.2, 0.25) is 5.95 Å². The monoisotopic (exact) mass is 319 g/mol. The zero-order valence-corrected chi connectivity index (χ0v) is 14.4. The number of nitrogens with zero attached hydrogens (tertiary/aromatic N) is 3. The van der Waals surface area contributed by atoms with E-state index in [1.165, 1.54) is 11.1 Å². The third-order valence-corrected chi connectivity index (χ3v) is 3.85. The van der Waals surface area contributed by atoms with Crippen LogP contribution >= 0.6 is 0 Å². The normalized spacial score (nSPS) is 10.5. The molecule has 122 valence electrons. The van der Waals surface area contributed by atoms with Gasteiger partial charge in [0.15, 0.2) is 5.82 Å². The summed E-state index contributed by atoms with van der Waals surface area (Å²) < 4.78 is 0. The maximum absolute atomic E-state index is 4.51. The highest BCUT2D eigenvalue weighted by atomic mass is 15.3. The molecule has 5 nitrogen and oxygen atoms in total. The molecule has 0 spiro atoms. The van der Waals surface area contributed by atoms with Gasteiger partial charge in [-0.25, -0.2) is 0 Å². The third kappa shape index (κ3) is 3.68. The van der Waals surface area contributed by atoms with Crippen LogP contribution in [-0.4, -0.2) is 15.2 Å². The highest BCUT2D eigenvalue weighted by molar-refractivity contribution is 5.63. The first-order chi connectivity index (χ1) is 11.5. The second-order valence-electron chi connectivity index (χ2n) is 6.05. The van der Waals surface area contributed by atoms with Crippen molar-refractivity contribution in [1.82, 2.24) is 15.2 Å². The smallest absolute Gasteiger partial charge is 0.249 e. The summed E-state index contributed by atoms with van der Waals surface area (Å²) in [6.07, 6.45) is 1.62. The molecule has 1 heterocycles. The number of benzene rings is 2. The lowest BCUT2D eigenvalue weighted by Gasteiger charge is -2.11. The number of rotatable bonds is 4. The molecule has 0 radical (unpaired) electrons. The standard InChI is InChI=1S/C19H21N5/c1-12-5-7-14(3)16(9-12)21-18-11-20-24-19(23-18)22-17-10-13(2)6-8-15(17)4/h5-11H,1-4H3,(H2,21,22,23,24). The maximum Gasteiger partial charge on any atom is 0.249 e. The largest absolute Gasteiger partial charge is 0.339 e. The first-order valence-corrected chi connectivity index (χ1v) is 7.89. The molecule has 0 aliphatic carbocycles. The van der Waals surface area contributed by atoms with E-state index in [4.69, 9.17) is 0 Å². The predicted octanol–water partition coefficient (Wildman–Crippen LogP) is 4.59. The van der Waals surface area contributed by atoms with E-state index in [2.05, 4.69) is 83.0 Å². The number of nitrogens with one attached hydrogen (secondary N) is 2. The van der Waals surface area contributed by atoms with Crippen LogP contribution in [0.2, 0.25) is 0 Å². The van der Waals surface area contributed by atoms with Gasteiger partial charge in [-0.2, -0.15) is 10.1 Å². The Labute approximate surface area is 142 Å². The number of anilines is 4. The Morgan fingerprint density at radius 2 is 1.33 bits per heavy atom. The summed E-state index contributed by atoms with van der Waals surface area (Å²) in [5.74, 6) is 1.13. The number of aryl methyl sites for hydroxylation is 4. The first-order valence-electron chi connectivity index (χ1n) is 7.89. The molecule has 1 aromatic heterocycles. The van der Waals surface area contributed by atoms with E-state index in [-0.39, 0.29) is 0 Å². The highest BCUT2D eigenvalue weighted by Crippen LogP contribution is 2.22. The van der Waals surface area contributed by atoms with Crippen LogP contribution in [0.5, 0.6) is 0 Å². The Balaban J connectivity index is 1.84. The minimum Gasteiger partial charge on any atom is -0.339 e. The lowest BCUT2D eigenvalue weighted by atomic mass is 10.1. The molecule has 0 aliphatic rings. The molecule has 0 saturated carbocycles. The number of aromatic nitrogens is 3. The molecule has 3 rings (SSSR count). The second kappa shape index (κ2) is 6.66. The summed E-state index contributed by atoms with van der Waals surface area (Å²) in [5.41, 5.74) is 6.67. The van der Waals surface area contributed by atoms with E-state index < -0.39 is 0 Å². The summed E-state index contributed by atoms with van der Waals surface area (Å²) in [6.45, 7) is 8.23. The van der Waals surface area contributed by atoms with Gasteiger partial charge >= 0.3 is 0 Å². The molecular weight excluding hydrogens is 298 g/mol. The van der Waals surface area contributed by atoms with Crippen LogP contribution in [0.15, 0.2) is 42.6 Å². The molecule has 5 heteroatoms. The highest BCUT2D eigenvalue weighted by Gasteiger charge is 2.06. The Bertz CT molecular complexity index is 805. The Hall–Kier alpha value is -2.95. The van der Waals surface area contributed by atoms with E-state index in [1.54, 1.807) is 6.20 Å². The van der Waals surface area contributed by atoms with Gasteiger partial charge in [-0.1, -0.05) is 24.3 Å². The van der Waals surface area contributed by atoms with Crippen molar-refractivity contribution in [2.24, 2.45) is 0 Å². The Morgan fingerprint density at radius 1 is 0.750 bits per heavy atom. The third-order valence-electron chi connectivity index (χ3n) is 3.85. The van der Waals surface area contributed by atoms with Gasteiger partial charge in [0.1, 0.15) is 0 Å². The SMILES string of the molecule is Cc1ccc(C)c(Nc2cnnc(Nc3cc(C)ccc3C)n2)c1. The summed E-state index contributed by atoms with van der Waals surface area (Å²) in [4.78, 5) is 4.51. The zero-order chi connectivity index (χ0) is 17.1. The van der Waals surface area contributed by atoms with Gasteiger partial charge in [0.25, 0.3) is 0 Å². The van der Waals surface area contributed by atoms with Crippen LogP contribution in [0.3, 0.4) is 0 Å². The van der Waals surface area contributed by atoms with Crippen molar-refractivity contribution in [3.63, 3.8) is 0 Å². The van der Waals surface area contributed by atoms with E-state index in [0.29, 0.717) is 11.8 Å². The molecule has 0 amide bonds. The van der Waals surface area contributed by atoms with Crippen LogP contribution in [0.4, 0.5) is 23.1 Å². The fraction of sp³-hybridized carbons (Fsp3) is 0.211. The van der Waals surface area contributed by atoms with Gasteiger partial charge in [-0.3, -0.25) is 0 Å². The average Bonchev–Trinajstić information content (AvgIpc) is 2.55. The lowest BCUT2D eigenvalue weighted by Crippen LogP contribution is -2.04. The first kappa shape index (κ1) is 15.9. The lowest BCUT2D eigenvalue weighted by molar-refractivity contribution is 0.981. The van der Waals surface area contributed by atoms with Crippen molar-refractivity contribution < 1.29 is 0 Å². The van der Waals surface area contributed by atoms with E-state index in [9.17, 15) is 0 Å². The minimum absolute atomic E-state index is 0.471. The van der Waals surface area contributed by atoms with Gasteiger partial charge in [-0.15, -0.1) is 5.10 Å². The number of hydrogen-bond acceptors (Lipinski definition) is 5. The molecule has 3 aromatic rings. The van der Waals surface area contributed by atoms with Crippen LogP contribution < -0.4 is 10.6 Å². The summed E-state index contributed by atoms with van der Waals surface area (Å²) in [5, 5.41) is 14.7. The van der Waals surface area contributed by atoms with Crippen LogP contribution in [-0.2, 0) is 0 Å². The molecule has 0 fully saturated rings. The van der Waals surface area contributed by atoms with Gasteiger partial charge in [-0.05, 0) is 62.1 Å². The molecule has 2 aromatic carbocycles. The fourth-order valence-corrected chi connectivity index (χ4v) is 2.42.